The molecule has 170 valence electrons. The van der Waals surface area contributed by atoms with Crippen molar-refractivity contribution in [2.75, 3.05) is 31.3 Å². The van der Waals surface area contributed by atoms with Crippen LogP contribution < -0.4 is 5.32 Å². The number of nitrogens with zero attached hydrogens (tertiary/aromatic N) is 3. The minimum Gasteiger partial charge on any atom is -0.444 e. The predicted molar refractivity (Wildman–Crippen MR) is 115 cm³/mol. The van der Waals surface area contributed by atoms with E-state index in [1.54, 1.807) is 0 Å². The summed E-state index contributed by atoms with van der Waals surface area (Å²) in [4.78, 5) is 22.8. The van der Waals surface area contributed by atoms with Gasteiger partial charge in [-0.05, 0) is 46.5 Å². The monoisotopic (exact) mass is 462 g/mol. The Labute approximate surface area is 183 Å². The van der Waals surface area contributed by atoms with Crippen molar-refractivity contribution in [3.63, 3.8) is 0 Å². The number of hydrogen-bond acceptors (Lipinski definition) is 8. The molecule has 1 aromatic rings. The van der Waals surface area contributed by atoms with Crippen LogP contribution in [0.2, 0.25) is 5.02 Å². The van der Waals surface area contributed by atoms with E-state index in [9.17, 15) is 13.2 Å². The van der Waals surface area contributed by atoms with Gasteiger partial charge in [0.2, 0.25) is 5.95 Å². The van der Waals surface area contributed by atoms with Gasteiger partial charge in [0.1, 0.15) is 5.60 Å². The van der Waals surface area contributed by atoms with Crippen molar-refractivity contribution < 1.29 is 22.1 Å². The number of carbonyl (C=O) groups is 1. The third-order valence-electron chi connectivity index (χ3n) is 4.47. The van der Waals surface area contributed by atoms with Gasteiger partial charge in [0.25, 0.3) is 10.1 Å². The van der Waals surface area contributed by atoms with Gasteiger partial charge in [-0.2, -0.15) is 8.42 Å². The molecule has 1 N–H and O–H groups in total. The van der Waals surface area contributed by atoms with Crippen molar-refractivity contribution in [3.8, 4) is 0 Å². The van der Waals surface area contributed by atoms with Crippen LogP contribution in [0.3, 0.4) is 0 Å². The summed E-state index contributed by atoms with van der Waals surface area (Å²) in [6.45, 7) is 6.82. The second-order valence-corrected chi connectivity index (χ2v) is 10.4. The van der Waals surface area contributed by atoms with Crippen molar-refractivity contribution in [2.24, 2.45) is 0 Å². The number of aromatic nitrogens is 2. The molecule has 11 heteroatoms. The number of ether oxygens (including phenoxy) is 1. The molecule has 2 rings (SSSR count). The third kappa shape index (κ3) is 8.61. The van der Waals surface area contributed by atoms with Crippen LogP contribution in [0.1, 0.15) is 52.1 Å². The maximum Gasteiger partial charge on any atom is 0.410 e. The summed E-state index contributed by atoms with van der Waals surface area (Å²) in [6, 6.07) is 0.0935. The van der Waals surface area contributed by atoms with Crippen LogP contribution in [0.25, 0.3) is 0 Å². The number of amides is 1. The lowest BCUT2D eigenvalue weighted by Gasteiger charge is -2.36. The molecule has 0 radical (unpaired) electrons. The zero-order chi connectivity index (χ0) is 22.4. The average molecular weight is 463 g/mol. The fourth-order valence-electron chi connectivity index (χ4n) is 3.16. The van der Waals surface area contributed by atoms with Gasteiger partial charge in [-0.1, -0.05) is 11.6 Å². The van der Waals surface area contributed by atoms with Crippen molar-refractivity contribution >= 4 is 33.8 Å². The molecule has 0 bridgehead atoms. The highest BCUT2D eigenvalue weighted by atomic mass is 35.5. The van der Waals surface area contributed by atoms with Crippen LogP contribution in [-0.4, -0.2) is 67.0 Å². The maximum absolute atomic E-state index is 12.5. The molecule has 1 fully saturated rings. The smallest absolute Gasteiger partial charge is 0.410 e. The lowest BCUT2D eigenvalue weighted by Crippen LogP contribution is -2.46. The molecule has 0 aromatic carbocycles. The summed E-state index contributed by atoms with van der Waals surface area (Å²) in [5, 5.41) is 3.50. The SMILES string of the molecule is CC(C)(C)OC(=O)N1CCCCC1CCNc1ncc(Cl)c(CCOS(C)(=O)=O)n1. The molecule has 2 heterocycles. The Morgan fingerprint density at radius 3 is 2.77 bits per heavy atom. The van der Waals surface area contributed by atoms with Gasteiger partial charge in [-0.15, -0.1) is 0 Å². The number of piperidine rings is 1. The quantitative estimate of drug-likeness (QED) is 0.586. The molecular weight excluding hydrogens is 432 g/mol. The van der Waals surface area contributed by atoms with E-state index < -0.39 is 15.7 Å². The van der Waals surface area contributed by atoms with E-state index in [0.29, 0.717) is 29.8 Å². The standard InChI is InChI=1S/C19H31ClN4O5S/c1-19(2,3)29-18(25)24-11-6-5-7-14(24)8-10-21-17-22-13-15(20)16(23-17)9-12-28-30(4,26)27/h13-14H,5-12H2,1-4H3,(H,21,22,23). The number of anilines is 1. The number of rotatable bonds is 8. The highest BCUT2D eigenvalue weighted by molar-refractivity contribution is 7.85. The lowest BCUT2D eigenvalue weighted by atomic mass is 10.00. The zero-order valence-electron chi connectivity index (χ0n) is 18.0. The Bertz CT molecular complexity index is 829. The fourth-order valence-corrected chi connectivity index (χ4v) is 3.74. The summed E-state index contributed by atoms with van der Waals surface area (Å²) in [5.41, 5.74) is -0.0167. The summed E-state index contributed by atoms with van der Waals surface area (Å²) in [5.74, 6) is 0.397. The lowest BCUT2D eigenvalue weighted by molar-refractivity contribution is 0.00929. The van der Waals surface area contributed by atoms with Crippen molar-refractivity contribution in [3.05, 3.63) is 16.9 Å². The van der Waals surface area contributed by atoms with Gasteiger partial charge in [-0.3, -0.25) is 4.18 Å². The Morgan fingerprint density at radius 2 is 2.10 bits per heavy atom. The molecule has 1 aliphatic rings. The van der Waals surface area contributed by atoms with E-state index >= 15 is 0 Å². The van der Waals surface area contributed by atoms with E-state index in [4.69, 9.17) is 20.5 Å². The average Bonchev–Trinajstić information content (AvgIpc) is 2.62. The normalized spacial score (nSPS) is 17.6. The van der Waals surface area contributed by atoms with Gasteiger partial charge in [0.15, 0.2) is 0 Å². The molecule has 1 aliphatic heterocycles. The third-order valence-corrected chi connectivity index (χ3v) is 5.38. The first-order valence-electron chi connectivity index (χ1n) is 10.0. The second kappa shape index (κ2) is 10.6. The first-order valence-corrected chi connectivity index (χ1v) is 12.2. The fraction of sp³-hybridized carbons (Fsp3) is 0.737. The number of halogens is 1. The summed E-state index contributed by atoms with van der Waals surface area (Å²) < 4.78 is 32.4. The number of carbonyl (C=O) groups excluding carboxylic acids is 1. The number of hydrogen-bond donors (Lipinski definition) is 1. The first kappa shape index (κ1) is 24.6. The first-order chi connectivity index (χ1) is 13.9. The predicted octanol–water partition coefficient (Wildman–Crippen LogP) is 3.24. The molecule has 1 unspecified atom stereocenters. The van der Waals surface area contributed by atoms with Crippen LogP contribution in [-0.2, 0) is 25.5 Å². The minimum atomic E-state index is -3.51. The molecule has 1 aromatic heterocycles. The van der Waals surface area contributed by atoms with Crippen LogP contribution in [0.5, 0.6) is 0 Å². The summed E-state index contributed by atoms with van der Waals surface area (Å²) in [7, 11) is -3.51. The maximum atomic E-state index is 12.5. The van der Waals surface area contributed by atoms with Crippen LogP contribution in [0.4, 0.5) is 10.7 Å². The Balaban J connectivity index is 1.90. The minimum absolute atomic E-state index is 0.0398. The van der Waals surface area contributed by atoms with Crippen molar-refractivity contribution in [1.29, 1.82) is 0 Å². The van der Waals surface area contributed by atoms with E-state index in [1.807, 2.05) is 25.7 Å². The van der Waals surface area contributed by atoms with E-state index in [1.165, 1.54) is 6.20 Å². The van der Waals surface area contributed by atoms with Crippen LogP contribution >= 0.6 is 11.6 Å². The second-order valence-electron chi connectivity index (χ2n) is 8.30. The van der Waals surface area contributed by atoms with E-state index in [2.05, 4.69) is 15.3 Å². The van der Waals surface area contributed by atoms with Crippen molar-refractivity contribution in [1.82, 2.24) is 14.9 Å². The van der Waals surface area contributed by atoms with Gasteiger partial charge in [0, 0.05) is 25.6 Å². The molecule has 1 atom stereocenters. The Hall–Kier alpha value is -1.65. The van der Waals surface area contributed by atoms with Crippen molar-refractivity contribution in [2.45, 2.75) is 64.5 Å². The highest BCUT2D eigenvalue weighted by Gasteiger charge is 2.30. The summed E-state index contributed by atoms with van der Waals surface area (Å²) in [6.07, 6.45) is 6.15. The van der Waals surface area contributed by atoms with Gasteiger partial charge >= 0.3 is 6.09 Å². The Morgan fingerprint density at radius 1 is 1.37 bits per heavy atom. The molecule has 30 heavy (non-hydrogen) atoms. The summed E-state index contributed by atoms with van der Waals surface area (Å²) >= 11 is 6.09. The largest absolute Gasteiger partial charge is 0.444 e. The van der Waals surface area contributed by atoms with E-state index in [0.717, 1.165) is 31.9 Å². The van der Waals surface area contributed by atoms with Gasteiger partial charge in [0.05, 0.1) is 29.8 Å². The topological polar surface area (TPSA) is 111 Å². The van der Waals surface area contributed by atoms with Crippen LogP contribution in [0.15, 0.2) is 6.20 Å². The molecule has 1 saturated heterocycles. The molecule has 9 nitrogen and oxygen atoms in total. The molecule has 0 saturated carbocycles. The number of nitrogens with one attached hydrogen (secondary N) is 1. The van der Waals surface area contributed by atoms with E-state index in [-0.39, 0.29) is 25.2 Å². The molecule has 1 amide bonds. The van der Waals surface area contributed by atoms with Gasteiger partial charge < -0.3 is 15.0 Å². The Kier molecular flexibility index (Phi) is 8.69. The number of likely N-dealkylation sites (tertiary alicyclic amines) is 1. The highest BCUT2D eigenvalue weighted by Crippen LogP contribution is 2.23. The zero-order valence-corrected chi connectivity index (χ0v) is 19.6. The molecular formula is C19H31ClN4O5S. The van der Waals surface area contributed by atoms with Crippen LogP contribution in [0, 0.1) is 0 Å². The molecule has 0 aliphatic carbocycles. The van der Waals surface area contributed by atoms with Gasteiger partial charge in [-0.25, -0.2) is 14.8 Å². The molecule has 0 spiro atoms.